The molecule has 2 aromatic rings. The van der Waals surface area contributed by atoms with Crippen LogP contribution in [0.5, 0.6) is 0 Å². The average Bonchev–Trinajstić information content (AvgIpc) is 3.10. The number of H-pyrrole nitrogens is 1. The van der Waals surface area contributed by atoms with Crippen molar-refractivity contribution in [3.63, 3.8) is 0 Å². The third-order valence-corrected chi connectivity index (χ3v) is 6.35. The van der Waals surface area contributed by atoms with Gasteiger partial charge in [-0.2, -0.15) is 5.10 Å². The maximum absolute atomic E-state index is 13.2. The van der Waals surface area contributed by atoms with Crippen molar-refractivity contribution < 1.29 is 9.59 Å². The monoisotopic (exact) mass is 425 g/mol. The van der Waals surface area contributed by atoms with Crippen LogP contribution in [0.15, 0.2) is 24.3 Å². The summed E-state index contributed by atoms with van der Waals surface area (Å²) < 4.78 is 0. The summed E-state index contributed by atoms with van der Waals surface area (Å²) in [5, 5.41) is 13.3. The smallest absolute Gasteiger partial charge is 0.318 e. The predicted octanol–water partition coefficient (Wildman–Crippen LogP) is 4.63. The molecule has 1 fully saturated rings. The van der Waals surface area contributed by atoms with Crippen molar-refractivity contribution in [2.75, 3.05) is 12.4 Å². The Hall–Kier alpha value is -2.83. The molecule has 1 aliphatic carbocycles. The van der Waals surface area contributed by atoms with Gasteiger partial charge in [0.25, 0.3) is 0 Å². The van der Waals surface area contributed by atoms with Gasteiger partial charge in [0.15, 0.2) is 0 Å². The number of anilines is 1. The van der Waals surface area contributed by atoms with Gasteiger partial charge >= 0.3 is 6.03 Å². The Morgan fingerprint density at radius 2 is 1.74 bits per heavy atom. The molecule has 0 unspecified atom stereocenters. The SMILES string of the molecule is Cc1n[nH]c(C)c1-c1ccc(NC(=O)[C@@H](NC(=O)N(C)C(C)C)C2CCCCC2)cc1. The molecule has 0 saturated heterocycles. The van der Waals surface area contributed by atoms with Crippen LogP contribution < -0.4 is 10.6 Å². The van der Waals surface area contributed by atoms with Crippen LogP contribution in [-0.2, 0) is 4.79 Å². The van der Waals surface area contributed by atoms with Crippen LogP contribution >= 0.6 is 0 Å². The predicted molar refractivity (Wildman–Crippen MR) is 124 cm³/mol. The van der Waals surface area contributed by atoms with E-state index in [4.69, 9.17) is 0 Å². The molecule has 31 heavy (non-hydrogen) atoms. The summed E-state index contributed by atoms with van der Waals surface area (Å²) in [5.74, 6) is 0.00888. The molecule has 0 radical (unpaired) electrons. The quantitative estimate of drug-likeness (QED) is 0.630. The number of nitrogens with zero attached hydrogens (tertiary/aromatic N) is 2. The Morgan fingerprint density at radius 1 is 1.10 bits per heavy atom. The standard InChI is InChI=1S/C24H35N5O2/c1-15(2)29(5)24(31)26-22(19-9-7-6-8-10-19)23(30)25-20-13-11-18(12-14-20)21-16(3)27-28-17(21)4/h11-15,19,22H,6-10H2,1-5H3,(H,25,30)(H,26,31)(H,27,28)/t22-/m0/s1. The molecular weight excluding hydrogens is 390 g/mol. The molecule has 3 N–H and O–H groups in total. The number of amides is 3. The number of nitrogens with one attached hydrogen (secondary N) is 3. The molecule has 7 heteroatoms. The topological polar surface area (TPSA) is 90.1 Å². The summed E-state index contributed by atoms with van der Waals surface area (Å²) in [6.07, 6.45) is 5.31. The summed E-state index contributed by atoms with van der Waals surface area (Å²) >= 11 is 0. The van der Waals surface area contributed by atoms with E-state index in [-0.39, 0.29) is 23.9 Å². The zero-order valence-electron chi connectivity index (χ0n) is 19.3. The number of urea groups is 1. The van der Waals surface area contributed by atoms with Crippen molar-refractivity contribution in [1.29, 1.82) is 0 Å². The third kappa shape index (κ3) is 5.46. The highest BCUT2D eigenvalue weighted by atomic mass is 16.2. The molecule has 1 aromatic heterocycles. The normalized spacial score (nSPS) is 15.5. The molecule has 168 valence electrons. The van der Waals surface area contributed by atoms with E-state index in [0.717, 1.165) is 53.9 Å². The third-order valence-electron chi connectivity index (χ3n) is 6.35. The van der Waals surface area contributed by atoms with E-state index in [1.807, 2.05) is 52.0 Å². The number of aromatic amines is 1. The first-order chi connectivity index (χ1) is 14.8. The molecular formula is C24H35N5O2. The largest absolute Gasteiger partial charge is 0.326 e. The highest BCUT2D eigenvalue weighted by Gasteiger charge is 2.32. The zero-order valence-corrected chi connectivity index (χ0v) is 19.3. The maximum atomic E-state index is 13.2. The van der Waals surface area contributed by atoms with Gasteiger partial charge < -0.3 is 15.5 Å². The maximum Gasteiger partial charge on any atom is 0.318 e. The number of rotatable bonds is 6. The molecule has 1 heterocycles. The number of aryl methyl sites for hydroxylation is 2. The van der Waals surface area contributed by atoms with Crippen molar-refractivity contribution in [3.8, 4) is 11.1 Å². The number of aromatic nitrogens is 2. The molecule has 0 bridgehead atoms. The van der Waals surface area contributed by atoms with Crippen molar-refractivity contribution in [2.24, 2.45) is 5.92 Å². The second-order valence-corrected chi connectivity index (χ2v) is 8.91. The summed E-state index contributed by atoms with van der Waals surface area (Å²) in [6, 6.07) is 7.10. The van der Waals surface area contributed by atoms with Gasteiger partial charge in [0.1, 0.15) is 6.04 Å². The summed E-state index contributed by atoms with van der Waals surface area (Å²) in [4.78, 5) is 27.5. The van der Waals surface area contributed by atoms with Crippen LogP contribution in [0, 0.1) is 19.8 Å². The van der Waals surface area contributed by atoms with Gasteiger partial charge in [0, 0.05) is 30.0 Å². The number of carbonyl (C=O) groups excluding carboxylic acids is 2. The summed E-state index contributed by atoms with van der Waals surface area (Å²) in [6.45, 7) is 7.89. The van der Waals surface area contributed by atoms with E-state index >= 15 is 0 Å². The van der Waals surface area contributed by atoms with Crippen molar-refractivity contribution >= 4 is 17.6 Å². The second-order valence-electron chi connectivity index (χ2n) is 8.91. The fourth-order valence-corrected chi connectivity index (χ4v) is 4.25. The van der Waals surface area contributed by atoms with E-state index in [1.54, 1.807) is 11.9 Å². The highest BCUT2D eigenvalue weighted by Crippen LogP contribution is 2.29. The first kappa shape index (κ1) is 22.8. The number of hydrogen-bond donors (Lipinski definition) is 3. The molecule has 1 atom stereocenters. The lowest BCUT2D eigenvalue weighted by atomic mass is 9.83. The van der Waals surface area contributed by atoms with Gasteiger partial charge in [0.05, 0.1) is 5.69 Å². The molecule has 7 nitrogen and oxygen atoms in total. The van der Waals surface area contributed by atoms with Gasteiger partial charge in [-0.25, -0.2) is 4.79 Å². The molecule has 1 aliphatic rings. The minimum atomic E-state index is -0.535. The van der Waals surface area contributed by atoms with Gasteiger partial charge in [-0.1, -0.05) is 31.4 Å². The Labute approximate surface area is 185 Å². The van der Waals surface area contributed by atoms with E-state index in [0.29, 0.717) is 0 Å². The van der Waals surface area contributed by atoms with Crippen molar-refractivity contribution in [3.05, 3.63) is 35.7 Å². The number of carbonyl (C=O) groups is 2. The molecule has 1 saturated carbocycles. The van der Waals surface area contributed by atoms with Crippen molar-refractivity contribution in [1.82, 2.24) is 20.4 Å². The molecule has 0 aliphatic heterocycles. The Morgan fingerprint density at radius 3 is 2.29 bits per heavy atom. The van der Waals surface area contributed by atoms with E-state index < -0.39 is 6.04 Å². The van der Waals surface area contributed by atoms with Crippen LogP contribution in [0.1, 0.15) is 57.3 Å². The molecule has 3 amide bonds. The zero-order chi connectivity index (χ0) is 22.5. The van der Waals surface area contributed by atoms with Crippen LogP contribution in [0.3, 0.4) is 0 Å². The van der Waals surface area contributed by atoms with Crippen LogP contribution in [0.4, 0.5) is 10.5 Å². The van der Waals surface area contributed by atoms with E-state index in [1.165, 1.54) is 6.42 Å². The highest BCUT2D eigenvalue weighted by molar-refractivity contribution is 5.97. The Balaban J connectivity index is 1.74. The van der Waals surface area contributed by atoms with Crippen LogP contribution in [-0.4, -0.2) is 46.2 Å². The van der Waals surface area contributed by atoms with Crippen molar-refractivity contribution in [2.45, 2.75) is 71.9 Å². The average molecular weight is 426 g/mol. The molecule has 3 rings (SSSR count). The van der Waals surface area contributed by atoms with Gasteiger partial charge in [-0.05, 0) is 64.2 Å². The minimum Gasteiger partial charge on any atom is -0.326 e. The first-order valence-electron chi connectivity index (χ1n) is 11.2. The fraction of sp³-hybridized carbons (Fsp3) is 0.542. The first-order valence-corrected chi connectivity index (χ1v) is 11.2. The summed E-state index contributed by atoms with van der Waals surface area (Å²) in [5.41, 5.74) is 4.83. The number of hydrogen-bond acceptors (Lipinski definition) is 3. The summed E-state index contributed by atoms with van der Waals surface area (Å²) in [7, 11) is 1.76. The van der Waals surface area contributed by atoms with Gasteiger partial charge in [-0.3, -0.25) is 9.89 Å². The lowest BCUT2D eigenvalue weighted by Gasteiger charge is -2.32. The number of benzene rings is 1. The molecule has 0 spiro atoms. The van der Waals surface area contributed by atoms with Gasteiger partial charge in [0.2, 0.25) is 5.91 Å². The van der Waals surface area contributed by atoms with Crippen LogP contribution in [0.25, 0.3) is 11.1 Å². The van der Waals surface area contributed by atoms with E-state index in [9.17, 15) is 9.59 Å². The second kappa shape index (κ2) is 9.98. The Bertz CT molecular complexity index is 878. The lowest BCUT2D eigenvalue weighted by Crippen LogP contribution is -2.53. The van der Waals surface area contributed by atoms with Gasteiger partial charge in [-0.15, -0.1) is 0 Å². The Kier molecular flexibility index (Phi) is 7.36. The van der Waals surface area contributed by atoms with E-state index in [2.05, 4.69) is 20.8 Å². The minimum absolute atomic E-state index is 0.0671. The fourth-order valence-electron chi connectivity index (χ4n) is 4.25. The molecule has 1 aromatic carbocycles. The lowest BCUT2D eigenvalue weighted by molar-refractivity contribution is -0.119. The van der Waals surface area contributed by atoms with Crippen LogP contribution in [0.2, 0.25) is 0 Å².